The second kappa shape index (κ2) is 7.61. The van der Waals surface area contributed by atoms with Gasteiger partial charge in [0.25, 0.3) is 5.89 Å². The molecular formula is C19H18FN5O2. The van der Waals surface area contributed by atoms with Crippen molar-refractivity contribution in [2.75, 3.05) is 13.1 Å². The quantitative estimate of drug-likeness (QED) is 0.689. The number of halogens is 1. The fraction of sp³-hybridized carbons (Fsp3) is 0.316. The predicted molar refractivity (Wildman–Crippen MR) is 94.0 cm³/mol. The van der Waals surface area contributed by atoms with Crippen molar-refractivity contribution < 1.29 is 13.6 Å². The molecule has 1 amide bonds. The number of aryl methyl sites for hydroxylation is 1. The van der Waals surface area contributed by atoms with Crippen molar-refractivity contribution in [2.45, 2.75) is 25.2 Å². The van der Waals surface area contributed by atoms with E-state index in [1.54, 1.807) is 41.7 Å². The summed E-state index contributed by atoms with van der Waals surface area (Å²) in [4.78, 5) is 22.4. The molecule has 1 saturated heterocycles. The molecule has 27 heavy (non-hydrogen) atoms. The lowest BCUT2D eigenvalue weighted by atomic mass is 10.1. The van der Waals surface area contributed by atoms with Crippen molar-refractivity contribution in [1.29, 1.82) is 0 Å². The molecule has 0 radical (unpaired) electrons. The van der Waals surface area contributed by atoms with E-state index in [-0.39, 0.29) is 24.1 Å². The Kier molecular flexibility index (Phi) is 4.86. The van der Waals surface area contributed by atoms with Crippen molar-refractivity contribution in [3.05, 3.63) is 60.1 Å². The summed E-state index contributed by atoms with van der Waals surface area (Å²) in [6.07, 6.45) is 6.12. The van der Waals surface area contributed by atoms with E-state index >= 15 is 0 Å². The Morgan fingerprint density at radius 3 is 2.96 bits per heavy atom. The summed E-state index contributed by atoms with van der Waals surface area (Å²) in [5, 5.41) is 8.12. The van der Waals surface area contributed by atoms with Gasteiger partial charge in [-0.05, 0) is 24.5 Å². The third-order valence-corrected chi connectivity index (χ3v) is 4.68. The summed E-state index contributed by atoms with van der Waals surface area (Å²) in [5.74, 6) is 0.559. The first-order chi connectivity index (χ1) is 13.2. The van der Waals surface area contributed by atoms with Gasteiger partial charge in [-0.25, -0.2) is 9.37 Å². The molecule has 0 spiro atoms. The van der Waals surface area contributed by atoms with Gasteiger partial charge in [-0.2, -0.15) is 0 Å². The van der Waals surface area contributed by atoms with E-state index in [0.717, 1.165) is 6.42 Å². The monoisotopic (exact) mass is 367 g/mol. The molecule has 1 aliphatic rings. The Morgan fingerprint density at radius 2 is 2.15 bits per heavy atom. The van der Waals surface area contributed by atoms with Gasteiger partial charge in [0.1, 0.15) is 11.5 Å². The van der Waals surface area contributed by atoms with Gasteiger partial charge in [0, 0.05) is 31.9 Å². The van der Waals surface area contributed by atoms with Crippen LogP contribution in [0.1, 0.15) is 30.2 Å². The van der Waals surface area contributed by atoms with Crippen LogP contribution in [0, 0.1) is 5.82 Å². The Bertz CT molecular complexity index is 931. The van der Waals surface area contributed by atoms with Crippen LogP contribution in [-0.2, 0) is 11.2 Å². The highest BCUT2D eigenvalue weighted by Gasteiger charge is 2.31. The molecule has 0 aliphatic carbocycles. The normalized spacial score (nSPS) is 16.6. The molecule has 4 rings (SSSR count). The third kappa shape index (κ3) is 3.84. The first-order valence-corrected chi connectivity index (χ1v) is 8.81. The smallest absolute Gasteiger partial charge is 0.267 e. The molecule has 1 atom stereocenters. The van der Waals surface area contributed by atoms with Crippen molar-refractivity contribution >= 4 is 5.91 Å². The minimum atomic E-state index is -0.271. The second-order valence-corrected chi connectivity index (χ2v) is 6.45. The highest BCUT2D eigenvalue weighted by atomic mass is 19.1. The SMILES string of the molecule is O=C(CCc1ccccc1F)N1CCC(c2nnc(-c3cnccn3)o2)C1. The first kappa shape index (κ1) is 17.3. The average molecular weight is 367 g/mol. The molecule has 3 heterocycles. The Labute approximate surface area is 155 Å². The number of hydrogen-bond donors (Lipinski definition) is 0. The third-order valence-electron chi connectivity index (χ3n) is 4.68. The average Bonchev–Trinajstić information content (AvgIpc) is 3.37. The van der Waals surface area contributed by atoms with E-state index in [1.807, 2.05) is 0 Å². The van der Waals surface area contributed by atoms with Crippen LogP contribution in [0.25, 0.3) is 11.6 Å². The molecule has 3 aromatic rings. The maximum atomic E-state index is 13.7. The number of aromatic nitrogens is 4. The maximum absolute atomic E-state index is 13.7. The maximum Gasteiger partial charge on any atom is 0.267 e. The minimum Gasteiger partial charge on any atom is -0.419 e. The molecule has 7 nitrogen and oxygen atoms in total. The Hall–Kier alpha value is -3.16. The molecule has 8 heteroatoms. The summed E-state index contributed by atoms with van der Waals surface area (Å²) in [6, 6.07) is 6.54. The number of hydrogen-bond acceptors (Lipinski definition) is 6. The molecule has 1 unspecified atom stereocenters. The van der Waals surface area contributed by atoms with Crippen molar-refractivity contribution in [2.24, 2.45) is 0 Å². The lowest BCUT2D eigenvalue weighted by molar-refractivity contribution is -0.130. The molecule has 1 fully saturated rings. The summed E-state index contributed by atoms with van der Waals surface area (Å²) in [5.41, 5.74) is 1.08. The predicted octanol–water partition coefficient (Wildman–Crippen LogP) is 2.61. The number of benzene rings is 1. The molecule has 1 aromatic carbocycles. The fourth-order valence-corrected chi connectivity index (χ4v) is 3.20. The van der Waals surface area contributed by atoms with E-state index in [2.05, 4.69) is 20.2 Å². The van der Waals surface area contributed by atoms with Crippen LogP contribution in [0.4, 0.5) is 4.39 Å². The number of carbonyl (C=O) groups excluding carboxylic acids is 1. The van der Waals surface area contributed by atoms with Gasteiger partial charge in [0.05, 0.1) is 12.1 Å². The van der Waals surface area contributed by atoms with Crippen LogP contribution in [0.2, 0.25) is 0 Å². The molecule has 1 aliphatic heterocycles. The largest absolute Gasteiger partial charge is 0.419 e. The van der Waals surface area contributed by atoms with E-state index in [9.17, 15) is 9.18 Å². The molecule has 0 N–H and O–H groups in total. The fourth-order valence-electron chi connectivity index (χ4n) is 3.20. The van der Waals surface area contributed by atoms with Gasteiger partial charge in [0.15, 0.2) is 0 Å². The van der Waals surface area contributed by atoms with Crippen molar-refractivity contribution in [1.82, 2.24) is 25.1 Å². The topological polar surface area (TPSA) is 85.0 Å². The lowest BCUT2D eigenvalue weighted by Crippen LogP contribution is -2.28. The Balaban J connectivity index is 1.35. The second-order valence-electron chi connectivity index (χ2n) is 6.45. The zero-order valence-corrected chi connectivity index (χ0v) is 14.6. The highest BCUT2D eigenvalue weighted by molar-refractivity contribution is 5.76. The van der Waals surface area contributed by atoms with E-state index in [0.29, 0.717) is 42.5 Å². The molecular weight excluding hydrogens is 349 g/mol. The lowest BCUT2D eigenvalue weighted by Gasteiger charge is -2.15. The highest BCUT2D eigenvalue weighted by Crippen LogP contribution is 2.28. The van der Waals surface area contributed by atoms with Crippen LogP contribution in [0.15, 0.2) is 47.3 Å². The number of nitrogens with zero attached hydrogens (tertiary/aromatic N) is 5. The summed E-state index contributed by atoms with van der Waals surface area (Å²) >= 11 is 0. The minimum absolute atomic E-state index is 0.000308. The molecule has 0 bridgehead atoms. The zero-order valence-electron chi connectivity index (χ0n) is 14.6. The summed E-state index contributed by atoms with van der Waals surface area (Å²) in [6.45, 7) is 1.15. The number of rotatable bonds is 5. The Morgan fingerprint density at radius 1 is 1.26 bits per heavy atom. The number of amides is 1. The van der Waals surface area contributed by atoms with Gasteiger partial charge in [0.2, 0.25) is 11.8 Å². The summed E-state index contributed by atoms with van der Waals surface area (Å²) in [7, 11) is 0. The van der Waals surface area contributed by atoms with Crippen LogP contribution in [-0.4, -0.2) is 44.1 Å². The van der Waals surface area contributed by atoms with Gasteiger partial charge in [-0.15, -0.1) is 10.2 Å². The van der Waals surface area contributed by atoms with Gasteiger partial charge >= 0.3 is 0 Å². The van der Waals surface area contributed by atoms with E-state index in [1.165, 1.54) is 6.07 Å². The first-order valence-electron chi connectivity index (χ1n) is 8.81. The zero-order chi connectivity index (χ0) is 18.6. The van der Waals surface area contributed by atoms with Gasteiger partial charge < -0.3 is 9.32 Å². The van der Waals surface area contributed by atoms with Crippen LogP contribution >= 0.6 is 0 Å². The van der Waals surface area contributed by atoms with Gasteiger partial charge in [-0.1, -0.05) is 18.2 Å². The van der Waals surface area contributed by atoms with Gasteiger partial charge in [-0.3, -0.25) is 9.78 Å². The standard InChI is InChI=1S/C19H18FN5O2/c20-15-4-2-1-3-13(15)5-6-17(26)25-10-7-14(12-25)18-23-24-19(27-18)16-11-21-8-9-22-16/h1-4,8-9,11,14H,5-7,10,12H2. The molecule has 138 valence electrons. The molecule has 0 saturated carbocycles. The van der Waals surface area contributed by atoms with Crippen molar-refractivity contribution in [3.63, 3.8) is 0 Å². The van der Waals surface area contributed by atoms with Crippen LogP contribution in [0.5, 0.6) is 0 Å². The van der Waals surface area contributed by atoms with E-state index < -0.39 is 0 Å². The van der Waals surface area contributed by atoms with Crippen LogP contribution < -0.4 is 0 Å². The van der Waals surface area contributed by atoms with Crippen molar-refractivity contribution in [3.8, 4) is 11.6 Å². The van der Waals surface area contributed by atoms with E-state index in [4.69, 9.17) is 4.42 Å². The number of likely N-dealkylation sites (tertiary alicyclic amines) is 1. The molecule has 2 aromatic heterocycles. The van der Waals surface area contributed by atoms with Crippen LogP contribution in [0.3, 0.4) is 0 Å². The summed E-state index contributed by atoms with van der Waals surface area (Å²) < 4.78 is 19.4. The number of carbonyl (C=O) groups is 1.